The van der Waals surface area contributed by atoms with E-state index in [9.17, 15) is 0 Å². The molecular formula is C14H23NO2. The second-order valence-electron chi connectivity index (χ2n) is 4.27. The van der Waals surface area contributed by atoms with Crippen molar-refractivity contribution in [3.63, 3.8) is 0 Å². The second-order valence-corrected chi connectivity index (χ2v) is 4.27. The normalized spacial score (nSPS) is 10.8. The van der Waals surface area contributed by atoms with E-state index < -0.39 is 0 Å². The minimum Gasteiger partial charge on any atom is -0.497 e. The number of nitrogens with one attached hydrogen (secondary N) is 1. The lowest BCUT2D eigenvalue weighted by Gasteiger charge is -2.08. The van der Waals surface area contributed by atoms with Crippen LogP contribution in [-0.2, 0) is 11.2 Å². The third kappa shape index (κ3) is 6.29. The highest BCUT2D eigenvalue weighted by Gasteiger charge is 1.95. The molecule has 0 saturated heterocycles. The average Bonchev–Trinajstić information content (AvgIpc) is 2.34. The van der Waals surface area contributed by atoms with Crippen LogP contribution in [0.3, 0.4) is 0 Å². The van der Waals surface area contributed by atoms with Gasteiger partial charge in [-0.2, -0.15) is 0 Å². The van der Waals surface area contributed by atoms with Crippen LogP contribution in [0.2, 0.25) is 0 Å². The molecule has 0 spiro atoms. The van der Waals surface area contributed by atoms with E-state index in [1.165, 1.54) is 5.56 Å². The molecule has 3 nitrogen and oxygen atoms in total. The van der Waals surface area contributed by atoms with Crippen molar-refractivity contribution in [2.24, 2.45) is 0 Å². The van der Waals surface area contributed by atoms with Gasteiger partial charge in [-0.3, -0.25) is 0 Å². The molecule has 0 heterocycles. The maximum absolute atomic E-state index is 5.45. The molecule has 1 N–H and O–H groups in total. The van der Waals surface area contributed by atoms with Gasteiger partial charge >= 0.3 is 0 Å². The molecule has 0 aliphatic rings. The maximum atomic E-state index is 5.45. The van der Waals surface area contributed by atoms with E-state index in [0.717, 1.165) is 31.9 Å². The van der Waals surface area contributed by atoms with E-state index in [4.69, 9.17) is 9.47 Å². The summed E-state index contributed by atoms with van der Waals surface area (Å²) in [6.07, 6.45) is 1.35. The van der Waals surface area contributed by atoms with Crippen LogP contribution < -0.4 is 10.1 Å². The molecule has 17 heavy (non-hydrogen) atoms. The smallest absolute Gasteiger partial charge is 0.118 e. The third-order valence-corrected chi connectivity index (χ3v) is 2.48. The Hall–Kier alpha value is -1.06. The van der Waals surface area contributed by atoms with Gasteiger partial charge in [0.1, 0.15) is 5.75 Å². The van der Waals surface area contributed by atoms with Crippen LogP contribution in [-0.4, -0.2) is 32.9 Å². The summed E-state index contributed by atoms with van der Waals surface area (Å²) in [5, 5.41) is 3.36. The zero-order chi connectivity index (χ0) is 12.5. The van der Waals surface area contributed by atoms with Gasteiger partial charge < -0.3 is 14.8 Å². The van der Waals surface area contributed by atoms with Crippen LogP contribution in [0.15, 0.2) is 24.3 Å². The van der Waals surface area contributed by atoms with Crippen molar-refractivity contribution in [3.05, 3.63) is 29.8 Å². The van der Waals surface area contributed by atoms with Crippen molar-refractivity contribution in [3.8, 4) is 5.75 Å². The minimum atomic E-state index is 0.318. The molecule has 0 aromatic heterocycles. The monoisotopic (exact) mass is 237 g/mol. The largest absolute Gasteiger partial charge is 0.497 e. The summed E-state index contributed by atoms with van der Waals surface area (Å²) in [6.45, 7) is 6.77. The van der Waals surface area contributed by atoms with Crippen molar-refractivity contribution in [2.45, 2.75) is 26.4 Å². The molecule has 3 heteroatoms. The molecule has 1 aromatic carbocycles. The van der Waals surface area contributed by atoms with Gasteiger partial charge in [0.05, 0.1) is 19.8 Å². The molecule has 0 saturated carbocycles. The van der Waals surface area contributed by atoms with E-state index in [0.29, 0.717) is 6.10 Å². The van der Waals surface area contributed by atoms with E-state index in [1.807, 2.05) is 12.1 Å². The molecule has 0 amide bonds. The second kappa shape index (κ2) is 8.09. The van der Waals surface area contributed by atoms with Gasteiger partial charge in [-0.05, 0) is 44.5 Å². The molecule has 0 radical (unpaired) electrons. The van der Waals surface area contributed by atoms with Crippen molar-refractivity contribution >= 4 is 0 Å². The van der Waals surface area contributed by atoms with Crippen molar-refractivity contribution in [1.82, 2.24) is 5.32 Å². The van der Waals surface area contributed by atoms with Crippen molar-refractivity contribution in [2.75, 3.05) is 26.8 Å². The van der Waals surface area contributed by atoms with Gasteiger partial charge in [0.15, 0.2) is 0 Å². The number of benzene rings is 1. The first-order valence-corrected chi connectivity index (χ1v) is 6.17. The zero-order valence-electron chi connectivity index (χ0n) is 11.0. The topological polar surface area (TPSA) is 30.5 Å². The fourth-order valence-electron chi connectivity index (χ4n) is 1.52. The molecule has 1 aromatic rings. The zero-order valence-corrected chi connectivity index (χ0v) is 11.0. The van der Waals surface area contributed by atoms with E-state index in [1.54, 1.807) is 7.11 Å². The standard InChI is InChI=1S/C14H23NO2/c1-12(2)17-11-10-15-9-8-13-4-6-14(16-3)7-5-13/h4-7,12,15H,8-11H2,1-3H3. The van der Waals surface area contributed by atoms with Crippen LogP contribution in [0, 0.1) is 0 Å². The summed E-state index contributed by atoms with van der Waals surface area (Å²) in [4.78, 5) is 0. The molecule has 0 atom stereocenters. The summed E-state index contributed by atoms with van der Waals surface area (Å²) < 4.78 is 10.6. The van der Waals surface area contributed by atoms with Crippen LogP contribution in [0.4, 0.5) is 0 Å². The molecule has 0 bridgehead atoms. The first-order valence-electron chi connectivity index (χ1n) is 6.17. The molecule has 0 aliphatic carbocycles. The number of rotatable bonds is 8. The van der Waals surface area contributed by atoms with Crippen molar-refractivity contribution < 1.29 is 9.47 Å². The van der Waals surface area contributed by atoms with Crippen molar-refractivity contribution in [1.29, 1.82) is 0 Å². The fraction of sp³-hybridized carbons (Fsp3) is 0.571. The Kier molecular flexibility index (Phi) is 6.67. The Balaban J connectivity index is 2.09. The lowest BCUT2D eigenvalue weighted by atomic mass is 10.1. The number of hydrogen-bond acceptors (Lipinski definition) is 3. The Labute approximate surface area is 104 Å². The Bertz CT molecular complexity index is 296. The van der Waals surface area contributed by atoms with Gasteiger partial charge in [0, 0.05) is 6.54 Å². The summed E-state index contributed by atoms with van der Waals surface area (Å²) in [5.41, 5.74) is 1.32. The summed E-state index contributed by atoms with van der Waals surface area (Å²) >= 11 is 0. The van der Waals surface area contributed by atoms with Gasteiger partial charge in [0.25, 0.3) is 0 Å². The first-order chi connectivity index (χ1) is 8.22. The predicted octanol–water partition coefficient (Wildman–Crippen LogP) is 2.25. The van der Waals surface area contributed by atoms with E-state index in [2.05, 4.69) is 31.3 Å². The SMILES string of the molecule is COc1ccc(CCNCCOC(C)C)cc1. The van der Waals surface area contributed by atoms with Gasteiger partial charge in [-0.15, -0.1) is 0 Å². The molecule has 0 aliphatic heterocycles. The predicted molar refractivity (Wildman–Crippen MR) is 70.7 cm³/mol. The highest BCUT2D eigenvalue weighted by molar-refractivity contribution is 5.27. The van der Waals surface area contributed by atoms with Gasteiger partial charge in [0.2, 0.25) is 0 Å². The number of hydrogen-bond donors (Lipinski definition) is 1. The fourth-order valence-corrected chi connectivity index (χ4v) is 1.52. The Morgan fingerprint density at radius 1 is 1.12 bits per heavy atom. The summed E-state index contributed by atoms with van der Waals surface area (Å²) in [6, 6.07) is 8.20. The highest BCUT2D eigenvalue weighted by atomic mass is 16.5. The Morgan fingerprint density at radius 3 is 2.41 bits per heavy atom. The lowest BCUT2D eigenvalue weighted by molar-refractivity contribution is 0.0810. The summed E-state index contributed by atoms with van der Waals surface area (Å²) in [7, 11) is 1.69. The number of ether oxygens (including phenoxy) is 2. The summed E-state index contributed by atoms with van der Waals surface area (Å²) in [5.74, 6) is 0.909. The molecule has 0 unspecified atom stereocenters. The molecule has 1 rings (SSSR count). The number of methoxy groups -OCH3 is 1. The minimum absolute atomic E-state index is 0.318. The van der Waals surface area contributed by atoms with Gasteiger partial charge in [-0.1, -0.05) is 12.1 Å². The van der Waals surface area contributed by atoms with Gasteiger partial charge in [-0.25, -0.2) is 0 Å². The lowest BCUT2D eigenvalue weighted by Crippen LogP contribution is -2.23. The molecule has 0 fully saturated rings. The third-order valence-electron chi connectivity index (χ3n) is 2.48. The Morgan fingerprint density at radius 2 is 1.82 bits per heavy atom. The first kappa shape index (κ1) is 14.0. The molecule has 96 valence electrons. The maximum Gasteiger partial charge on any atom is 0.118 e. The average molecular weight is 237 g/mol. The highest BCUT2D eigenvalue weighted by Crippen LogP contribution is 2.11. The van der Waals surface area contributed by atoms with Crippen LogP contribution in [0.25, 0.3) is 0 Å². The van der Waals surface area contributed by atoms with E-state index in [-0.39, 0.29) is 0 Å². The van der Waals surface area contributed by atoms with Crippen LogP contribution in [0.1, 0.15) is 19.4 Å². The molecular weight excluding hydrogens is 214 g/mol. The van der Waals surface area contributed by atoms with E-state index >= 15 is 0 Å². The van der Waals surface area contributed by atoms with Crippen LogP contribution >= 0.6 is 0 Å². The quantitative estimate of drug-likeness (QED) is 0.703. The van der Waals surface area contributed by atoms with Crippen LogP contribution in [0.5, 0.6) is 5.75 Å².